The molecule has 2 aromatic heterocycles. The number of aromatic amines is 1. The summed E-state index contributed by atoms with van der Waals surface area (Å²) < 4.78 is 1.88. The fourth-order valence-corrected chi connectivity index (χ4v) is 1.92. The zero-order valence-corrected chi connectivity index (χ0v) is 10.7. The van der Waals surface area contributed by atoms with Crippen molar-refractivity contribution < 1.29 is 20.4 Å². The van der Waals surface area contributed by atoms with E-state index in [9.17, 15) is 15.3 Å². The minimum Gasteiger partial charge on any atom is -0.394 e. The predicted octanol–water partition coefficient (Wildman–Crippen LogP) is -1.44. The van der Waals surface area contributed by atoms with Gasteiger partial charge in [-0.1, -0.05) is 12.2 Å². The molecule has 3 atom stereocenters. The largest absolute Gasteiger partial charge is 0.394 e. The van der Waals surface area contributed by atoms with Crippen LogP contribution in [0.4, 0.5) is 0 Å². The molecule has 19 heavy (non-hydrogen) atoms. The van der Waals surface area contributed by atoms with Gasteiger partial charge in [-0.05, 0) is 0 Å². The van der Waals surface area contributed by atoms with Gasteiger partial charge in [0.05, 0.1) is 25.8 Å². The van der Waals surface area contributed by atoms with Crippen LogP contribution >= 0.6 is 12.2 Å². The molecule has 104 valence electrons. The fourth-order valence-electron chi connectivity index (χ4n) is 1.72. The summed E-state index contributed by atoms with van der Waals surface area (Å²) in [6, 6.07) is 0. The smallest absolute Gasteiger partial charge is 0.157 e. The van der Waals surface area contributed by atoms with E-state index in [1.165, 1.54) is 12.7 Å². The zero-order valence-electron chi connectivity index (χ0n) is 9.84. The Kier molecular flexibility index (Phi) is 4.22. The molecule has 0 amide bonds. The second-order valence-electron chi connectivity index (χ2n) is 4.11. The lowest BCUT2D eigenvalue weighted by molar-refractivity contribution is -0.0803. The minimum atomic E-state index is -1.45. The van der Waals surface area contributed by atoms with E-state index in [0.717, 1.165) is 0 Å². The molecule has 8 nitrogen and oxygen atoms in total. The van der Waals surface area contributed by atoms with Gasteiger partial charge < -0.3 is 30.0 Å². The molecule has 0 saturated heterocycles. The Morgan fingerprint density at radius 3 is 2.68 bits per heavy atom. The highest BCUT2D eigenvalue weighted by molar-refractivity contribution is 7.71. The van der Waals surface area contributed by atoms with E-state index in [1.54, 1.807) is 4.57 Å². The second-order valence-corrected chi connectivity index (χ2v) is 4.50. The third-order valence-electron chi connectivity index (χ3n) is 2.78. The number of aliphatic hydroxyl groups is 4. The molecular formula is C10H14N4O4S. The van der Waals surface area contributed by atoms with Crippen LogP contribution in [0.25, 0.3) is 11.2 Å². The molecule has 0 bridgehead atoms. The molecule has 0 radical (unpaired) electrons. The van der Waals surface area contributed by atoms with E-state index >= 15 is 0 Å². The van der Waals surface area contributed by atoms with Crippen molar-refractivity contribution in [3.05, 3.63) is 17.3 Å². The molecule has 0 fully saturated rings. The van der Waals surface area contributed by atoms with Gasteiger partial charge in [0.2, 0.25) is 0 Å². The first-order valence-electron chi connectivity index (χ1n) is 5.58. The number of hydrogen-bond donors (Lipinski definition) is 5. The standard InChI is InChI=1S/C10H14N4O4S/c15-2-6(17)8(18)5(16)1-14-4-13-7-9(14)11-3-12-10(7)19/h3-6,8,15-18H,1-2H2,(H,11,12,19)/t5-,6-,8+/m1/s1. The number of H-pyrrole nitrogens is 1. The molecule has 2 aromatic rings. The molecule has 0 aliphatic rings. The van der Waals surface area contributed by atoms with Gasteiger partial charge in [-0.25, -0.2) is 9.97 Å². The Bertz CT molecular complexity index is 613. The Labute approximate surface area is 113 Å². The highest BCUT2D eigenvalue weighted by Gasteiger charge is 2.24. The molecule has 0 spiro atoms. The number of hydrogen-bond acceptors (Lipinski definition) is 7. The Morgan fingerprint density at radius 2 is 2.00 bits per heavy atom. The quantitative estimate of drug-likeness (QED) is 0.426. The molecule has 0 aliphatic heterocycles. The summed E-state index contributed by atoms with van der Waals surface area (Å²) in [6.07, 6.45) is -1.25. The Hall–Kier alpha value is -1.39. The average Bonchev–Trinajstić information content (AvgIpc) is 2.81. The third-order valence-corrected chi connectivity index (χ3v) is 3.08. The summed E-state index contributed by atoms with van der Waals surface area (Å²) in [6.45, 7) is -0.640. The van der Waals surface area contributed by atoms with Crippen molar-refractivity contribution in [3.63, 3.8) is 0 Å². The van der Waals surface area contributed by atoms with Crippen molar-refractivity contribution in [2.75, 3.05) is 6.61 Å². The van der Waals surface area contributed by atoms with Crippen LogP contribution in [0.15, 0.2) is 12.7 Å². The van der Waals surface area contributed by atoms with Crippen LogP contribution in [0.3, 0.4) is 0 Å². The summed E-state index contributed by atoms with van der Waals surface area (Å²) >= 11 is 5.00. The maximum atomic E-state index is 9.79. The predicted molar refractivity (Wildman–Crippen MR) is 67.8 cm³/mol. The number of fused-ring (bicyclic) bond motifs is 1. The molecule has 0 unspecified atom stereocenters. The lowest BCUT2D eigenvalue weighted by Gasteiger charge is -2.21. The van der Waals surface area contributed by atoms with Crippen LogP contribution in [0.1, 0.15) is 0 Å². The van der Waals surface area contributed by atoms with Crippen molar-refractivity contribution in [1.82, 2.24) is 19.5 Å². The number of imidazole rings is 1. The van der Waals surface area contributed by atoms with Gasteiger partial charge in [-0.3, -0.25) is 0 Å². The maximum absolute atomic E-state index is 9.79. The summed E-state index contributed by atoms with van der Waals surface area (Å²) in [5.74, 6) is 0. The average molecular weight is 286 g/mol. The second kappa shape index (κ2) is 5.72. The lowest BCUT2D eigenvalue weighted by Crippen LogP contribution is -2.41. The fraction of sp³-hybridized carbons (Fsp3) is 0.500. The van der Waals surface area contributed by atoms with Gasteiger partial charge in [0.1, 0.15) is 29.5 Å². The normalized spacial score (nSPS) is 16.4. The van der Waals surface area contributed by atoms with Crippen molar-refractivity contribution in [1.29, 1.82) is 0 Å². The third kappa shape index (κ3) is 2.80. The van der Waals surface area contributed by atoms with E-state index in [0.29, 0.717) is 15.8 Å². The van der Waals surface area contributed by atoms with Crippen LogP contribution in [0.5, 0.6) is 0 Å². The van der Waals surface area contributed by atoms with Gasteiger partial charge in [-0.2, -0.15) is 0 Å². The van der Waals surface area contributed by atoms with Gasteiger partial charge in [-0.15, -0.1) is 0 Å². The number of nitrogens with one attached hydrogen (secondary N) is 1. The molecule has 5 N–H and O–H groups in total. The minimum absolute atomic E-state index is 0.00991. The zero-order chi connectivity index (χ0) is 14.0. The number of rotatable bonds is 5. The Morgan fingerprint density at radius 1 is 1.26 bits per heavy atom. The van der Waals surface area contributed by atoms with Gasteiger partial charge >= 0.3 is 0 Å². The summed E-state index contributed by atoms with van der Waals surface area (Å²) in [5, 5.41) is 37.4. The van der Waals surface area contributed by atoms with Crippen molar-refractivity contribution in [2.45, 2.75) is 24.9 Å². The van der Waals surface area contributed by atoms with Gasteiger partial charge in [0, 0.05) is 0 Å². The van der Waals surface area contributed by atoms with Crippen LogP contribution in [0, 0.1) is 4.64 Å². The van der Waals surface area contributed by atoms with Crippen LogP contribution < -0.4 is 0 Å². The summed E-state index contributed by atoms with van der Waals surface area (Å²) in [5.41, 5.74) is 1.05. The highest BCUT2D eigenvalue weighted by Crippen LogP contribution is 2.11. The first kappa shape index (κ1) is 14.0. The number of aliphatic hydroxyl groups excluding tert-OH is 4. The van der Waals surface area contributed by atoms with E-state index in [2.05, 4.69) is 15.0 Å². The molecule has 0 saturated carbocycles. The van der Waals surface area contributed by atoms with Crippen molar-refractivity contribution in [3.8, 4) is 0 Å². The highest BCUT2D eigenvalue weighted by atomic mass is 32.1. The molecule has 2 heterocycles. The van der Waals surface area contributed by atoms with E-state index in [1.807, 2.05) is 0 Å². The molecule has 9 heteroatoms. The van der Waals surface area contributed by atoms with Gasteiger partial charge in [0.15, 0.2) is 4.64 Å². The first-order chi connectivity index (χ1) is 9.04. The topological polar surface area (TPSA) is 127 Å². The molecule has 2 rings (SSSR count). The van der Waals surface area contributed by atoms with E-state index in [4.69, 9.17) is 17.3 Å². The van der Waals surface area contributed by atoms with Gasteiger partial charge in [0.25, 0.3) is 0 Å². The van der Waals surface area contributed by atoms with E-state index in [-0.39, 0.29) is 6.54 Å². The van der Waals surface area contributed by atoms with Crippen molar-refractivity contribution in [2.24, 2.45) is 0 Å². The number of aromatic nitrogens is 4. The molecular weight excluding hydrogens is 272 g/mol. The maximum Gasteiger partial charge on any atom is 0.157 e. The first-order valence-corrected chi connectivity index (χ1v) is 5.99. The van der Waals surface area contributed by atoms with Crippen LogP contribution in [-0.2, 0) is 6.54 Å². The monoisotopic (exact) mass is 286 g/mol. The van der Waals surface area contributed by atoms with Crippen LogP contribution in [-0.4, -0.2) is 64.9 Å². The lowest BCUT2D eigenvalue weighted by atomic mass is 10.1. The van der Waals surface area contributed by atoms with Crippen LogP contribution in [0.2, 0.25) is 0 Å². The SMILES string of the molecule is OC[C@@H](O)[C@@H](O)[C@H](O)Cn1cnc2c(=S)nc[nH]c21. The van der Waals surface area contributed by atoms with Crippen molar-refractivity contribution >= 4 is 23.4 Å². The van der Waals surface area contributed by atoms with E-state index < -0.39 is 24.9 Å². The number of nitrogens with zero attached hydrogens (tertiary/aromatic N) is 3. The molecule has 0 aromatic carbocycles. The molecule has 0 aliphatic carbocycles. The summed E-state index contributed by atoms with van der Waals surface area (Å²) in [4.78, 5) is 10.8. The summed E-state index contributed by atoms with van der Waals surface area (Å²) in [7, 11) is 0. The Balaban J connectivity index is 2.22.